The van der Waals surface area contributed by atoms with Crippen molar-refractivity contribution in [2.24, 2.45) is 5.92 Å². The lowest BCUT2D eigenvalue weighted by Crippen LogP contribution is -2.70. The van der Waals surface area contributed by atoms with E-state index in [0.717, 1.165) is 128 Å². The van der Waals surface area contributed by atoms with Crippen LogP contribution >= 0.6 is 7.82 Å². The molecule has 0 spiro atoms. The van der Waals surface area contributed by atoms with Crippen LogP contribution < -0.4 is 0 Å². The number of phosphoric ester groups is 1. The summed E-state index contributed by atoms with van der Waals surface area (Å²) in [4.78, 5) is 66.7. The van der Waals surface area contributed by atoms with E-state index in [-0.39, 0.29) is 25.7 Å². The van der Waals surface area contributed by atoms with Gasteiger partial charge in [0.05, 0.1) is 13.2 Å². The lowest BCUT2D eigenvalue weighted by atomic mass is 9.84. The second-order valence-electron chi connectivity index (χ2n) is 36.3. The van der Waals surface area contributed by atoms with E-state index < -0.39 is 162 Å². The normalized spacial score (nSPS) is 24.7. The minimum Gasteiger partial charge on any atom is -0.463 e. The predicted molar refractivity (Wildman–Crippen MR) is 477 cm³/mol. The first-order valence-corrected chi connectivity index (χ1v) is 51.7. The minimum absolute atomic E-state index is 0.0199. The molecule has 1 aliphatic carbocycles. The third-order valence-electron chi connectivity index (χ3n) is 25.0. The quantitative estimate of drug-likeness (QED) is 0.0117. The number of carbonyl (C=O) groups is 4. The van der Waals surface area contributed by atoms with Crippen LogP contribution in [0, 0.1) is 5.92 Å². The van der Waals surface area contributed by atoms with Crippen molar-refractivity contribution in [3.05, 3.63) is 0 Å². The number of carbonyl (C=O) groups excluding carboxylic acids is 4. The molecule has 19 atom stereocenters. The lowest BCUT2D eigenvalue weighted by molar-refractivity contribution is -0.360. The van der Waals surface area contributed by atoms with E-state index in [0.29, 0.717) is 38.0 Å². The maximum Gasteiger partial charge on any atom is 0.472 e. The molecular formula is C96H181O25P. The molecule has 10 N–H and O–H groups in total. The largest absolute Gasteiger partial charge is 0.472 e. The van der Waals surface area contributed by atoms with Crippen LogP contribution in [0.5, 0.6) is 0 Å². The molecule has 0 aromatic carbocycles. The molecule has 122 heavy (non-hydrogen) atoms. The Labute approximate surface area is 738 Å². The highest BCUT2D eigenvalue weighted by atomic mass is 31.2. The van der Waals surface area contributed by atoms with Gasteiger partial charge in [-0.15, -0.1) is 0 Å². The second kappa shape index (κ2) is 74.2. The second-order valence-corrected chi connectivity index (χ2v) is 37.7. The van der Waals surface area contributed by atoms with Crippen molar-refractivity contribution < 1.29 is 122 Å². The van der Waals surface area contributed by atoms with E-state index in [4.69, 9.17) is 46.9 Å². The first-order chi connectivity index (χ1) is 59.1. The molecule has 720 valence electrons. The van der Waals surface area contributed by atoms with E-state index in [9.17, 15) is 74.6 Å². The summed E-state index contributed by atoms with van der Waals surface area (Å²) in [5, 5.41) is 103. The first-order valence-electron chi connectivity index (χ1n) is 50.2. The van der Waals surface area contributed by atoms with E-state index in [2.05, 4.69) is 34.6 Å². The van der Waals surface area contributed by atoms with Crippen LogP contribution in [0.25, 0.3) is 0 Å². The van der Waals surface area contributed by atoms with Gasteiger partial charge in [-0.25, -0.2) is 4.57 Å². The molecule has 2 aliphatic heterocycles. The molecule has 3 aliphatic rings. The summed E-state index contributed by atoms with van der Waals surface area (Å²) in [6.45, 7) is 7.97. The summed E-state index contributed by atoms with van der Waals surface area (Å²) < 4.78 is 73.7. The summed E-state index contributed by atoms with van der Waals surface area (Å²) in [6.07, 6.45) is 32.1. The number of aliphatic hydroxyl groups is 9. The molecule has 2 saturated heterocycles. The third kappa shape index (κ3) is 53.6. The van der Waals surface area contributed by atoms with Gasteiger partial charge in [0.1, 0.15) is 92.6 Å². The minimum atomic E-state index is -5.81. The number of ether oxygens (including phenoxy) is 8. The molecule has 0 amide bonds. The Bertz CT molecular complexity index is 2540. The maximum absolute atomic E-state index is 15.0. The summed E-state index contributed by atoms with van der Waals surface area (Å²) in [5.74, 6) is -2.31. The van der Waals surface area contributed by atoms with Crippen molar-refractivity contribution in [2.45, 2.75) is 556 Å². The number of phosphoric acid groups is 1. The van der Waals surface area contributed by atoms with E-state index in [1.54, 1.807) is 0 Å². The molecule has 19 unspecified atom stereocenters. The van der Waals surface area contributed by atoms with Crippen LogP contribution in [0.15, 0.2) is 0 Å². The fraction of sp³-hybridized carbons (Fsp3) is 0.958. The summed E-state index contributed by atoms with van der Waals surface area (Å²) in [7, 11) is -5.81. The molecule has 26 heteroatoms. The van der Waals surface area contributed by atoms with Gasteiger partial charge >= 0.3 is 31.7 Å². The Balaban J connectivity index is 1.90. The summed E-state index contributed by atoms with van der Waals surface area (Å²) in [6, 6.07) is 0. The zero-order chi connectivity index (χ0) is 89.1. The molecule has 0 aromatic heterocycles. The Kier molecular flexibility index (Phi) is 69.1. The molecule has 3 rings (SSSR count). The Morgan fingerprint density at radius 1 is 0.320 bits per heavy atom. The zero-order valence-corrected chi connectivity index (χ0v) is 78.1. The van der Waals surface area contributed by atoms with E-state index in [1.165, 1.54) is 231 Å². The van der Waals surface area contributed by atoms with E-state index >= 15 is 0 Å². The number of aliphatic hydroxyl groups excluding tert-OH is 9. The Hall–Kier alpha value is -2.53. The number of hydrogen-bond donors (Lipinski definition) is 10. The maximum atomic E-state index is 15.0. The molecule has 0 radical (unpaired) electrons. The standard InChI is InChI=1S/C96H181O25P/c1-6-10-14-18-22-25-28-31-34-37-39-42-45-48-55-61-67-79(98)112-72-76(115-81(100)69-63-57-50-47-44-41-36-33-30-27-24-20-16-12-8-3)73-114-122(110,111)121-94-92(119-95-89(108)85(104)83(102)77(71-97)116-95)88(107)87(106)91(118-82(101)70-64-58-52-51-54-60-66-75(5)65-59-53-21-17-13-9-4)93(94)120-96-90(109)86(105)84(103)78(117-96)74-113-80(99)68-62-56-49-46-43-40-38-35-32-29-26-23-19-15-11-7-2/h75-78,83-97,102-109H,6-74H2,1-5H3,(H,110,111). The van der Waals surface area contributed by atoms with Crippen LogP contribution in [0.4, 0.5) is 0 Å². The highest BCUT2D eigenvalue weighted by Crippen LogP contribution is 2.49. The fourth-order valence-electron chi connectivity index (χ4n) is 17.0. The van der Waals surface area contributed by atoms with Crippen LogP contribution in [0.1, 0.15) is 452 Å². The monoisotopic (exact) mass is 1770 g/mol. The third-order valence-corrected chi connectivity index (χ3v) is 26.0. The Morgan fingerprint density at radius 2 is 0.615 bits per heavy atom. The first kappa shape index (κ1) is 114. The van der Waals surface area contributed by atoms with Gasteiger partial charge in [0, 0.05) is 25.7 Å². The van der Waals surface area contributed by atoms with Crippen LogP contribution in [-0.4, -0.2) is 205 Å². The average molecular weight is 1770 g/mol. The molecule has 0 bridgehead atoms. The topological polar surface area (TPSA) is 380 Å². The molecular weight excluding hydrogens is 1580 g/mol. The van der Waals surface area contributed by atoms with Gasteiger partial charge in [-0.05, 0) is 31.6 Å². The predicted octanol–water partition coefficient (Wildman–Crippen LogP) is 19.6. The molecule has 25 nitrogen and oxygen atoms in total. The number of rotatable bonds is 82. The van der Waals surface area contributed by atoms with Crippen LogP contribution in [0.2, 0.25) is 0 Å². The fourth-order valence-corrected chi connectivity index (χ4v) is 17.9. The average Bonchev–Trinajstić information content (AvgIpc) is 0.753. The van der Waals surface area contributed by atoms with Crippen LogP contribution in [-0.2, 0) is 70.7 Å². The van der Waals surface area contributed by atoms with Gasteiger partial charge in [-0.1, -0.05) is 401 Å². The van der Waals surface area contributed by atoms with Crippen molar-refractivity contribution in [3.8, 4) is 0 Å². The van der Waals surface area contributed by atoms with E-state index in [1.807, 2.05) is 0 Å². The smallest absolute Gasteiger partial charge is 0.463 e. The van der Waals surface area contributed by atoms with Gasteiger partial charge in [0.2, 0.25) is 0 Å². The molecule has 0 aromatic rings. The van der Waals surface area contributed by atoms with Crippen molar-refractivity contribution in [3.63, 3.8) is 0 Å². The highest BCUT2D eigenvalue weighted by Gasteiger charge is 2.60. The SMILES string of the molecule is CCCCCCCCCCCCCCCCCCC(=O)OCC(COP(=O)(O)OC1C(OC2OC(CO)C(O)C(O)C2O)C(O)C(O)C(OC(=O)CCCCCCCCC(C)CCCCCCCC)C1OC1OC(COC(=O)CCCCCCCCCCCCCCCCCC)C(O)C(O)C1O)OC(=O)CCCCCCCCCCCCCCCCC. The zero-order valence-electron chi connectivity index (χ0n) is 77.2. The van der Waals surface area contributed by atoms with Gasteiger partial charge < -0.3 is 88.7 Å². The molecule has 3 fully saturated rings. The van der Waals surface area contributed by atoms with Gasteiger partial charge in [0.25, 0.3) is 0 Å². The van der Waals surface area contributed by atoms with Gasteiger partial charge in [0.15, 0.2) is 24.8 Å². The molecule has 2 heterocycles. The van der Waals surface area contributed by atoms with Crippen molar-refractivity contribution >= 4 is 31.7 Å². The highest BCUT2D eigenvalue weighted by molar-refractivity contribution is 7.47. The van der Waals surface area contributed by atoms with Crippen molar-refractivity contribution in [1.82, 2.24) is 0 Å². The number of unbranched alkanes of at least 4 members (excludes halogenated alkanes) is 54. The summed E-state index contributed by atoms with van der Waals surface area (Å²) in [5.41, 5.74) is 0. The van der Waals surface area contributed by atoms with Crippen LogP contribution in [0.3, 0.4) is 0 Å². The number of esters is 4. The van der Waals surface area contributed by atoms with Gasteiger partial charge in [-0.2, -0.15) is 0 Å². The molecule has 1 saturated carbocycles. The Morgan fingerprint density at radius 3 is 0.975 bits per heavy atom. The van der Waals surface area contributed by atoms with Crippen molar-refractivity contribution in [1.29, 1.82) is 0 Å². The number of hydrogen-bond acceptors (Lipinski definition) is 24. The van der Waals surface area contributed by atoms with Crippen molar-refractivity contribution in [2.75, 3.05) is 26.4 Å². The lowest BCUT2D eigenvalue weighted by Gasteiger charge is -2.50. The summed E-state index contributed by atoms with van der Waals surface area (Å²) >= 11 is 0. The van der Waals surface area contributed by atoms with Gasteiger partial charge in [-0.3, -0.25) is 28.2 Å².